The third-order valence-corrected chi connectivity index (χ3v) is 6.59. The molecule has 1 aliphatic carbocycles. The summed E-state index contributed by atoms with van der Waals surface area (Å²) in [6.45, 7) is 5.98. The molecule has 3 aliphatic rings. The molecule has 0 unspecified atom stereocenters. The first-order valence-corrected chi connectivity index (χ1v) is 11.0. The van der Waals surface area contributed by atoms with Crippen LogP contribution >= 0.6 is 0 Å². The minimum Gasteiger partial charge on any atom is -0.349 e. The van der Waals surface area contributed by atoms with Crippen LogP contribution in [0.3, 0.4) is 0 Å². The molecule has 1 N–H and O–H groups in total. The van der Waals surface area contributed by atoms with Crippen molar-refractivity contribution in [3.63, 3.8) is 0 Å². The molecule has 3 heterocycles. The molecule has 0 spiro atoms. The molecule has 1 aromatic rings. The zero-order valence-electron chi connectivity index (χ0n) is 17.0. The summed E-state index contributed by atoms with van der Waals surface area (Å²) < 4.78 is 2.12. The molecule has 0 bridgehead atoms. The SMILES string of the molecule is C[C@H](C(=O)NCc1cc2n(n1)CCCN(C1CCCCC1)C2)N1CCCC1=O. The highest BCUT2D eigenvalue weighted by atomic mass is 16.2. The minimum absolute atomic E-state index is 0.0826. The lowest BCUT2D eigenvalue weighted by atomic mass is 9.94. The number of aryl methyl sites for hydroxylation is 1. The number of fused-ring (bicyclic) bond motifs is 1. The average molecular weight is 388 g/mol. The van der Waals surface area contributed by atoms with Crippen LogP contribution in [-0.2, 0) is 29.2 Å². The van der Waals surface area contributed by atoms with E-state index < -0.39 is 6.04 Å². The Labute approximate surface area is 167 Å². The summed E-state index contributed by atoms with van der Waals surface area (Å²) >= 11 is 0. The first kappa shape index (κ1) is 19.4. The fraction of sp³-hybridized carbons (Fsp3) is 0.762. The van der Waals surface area contributed by atoms with Crippen LogP contribution in [0.25, 0.3) is 0 Å². The van der Waals surface area contributed by atoms with Crippen LogP contribution in [0, 0.1) is 0 Å². The van der Waals surface area contributed by atoms with E-state index in [1.54, 1.807) is 4.90 Å². The van der Waals surface area contributed by atoms with Crippen molar-refractivity contribution in [3.05, 3.63) is 17.5 Å². The van der Waals surface area contributed by atoms with Gasteiger partial charge in [0.25, 0.3) is 0 Å². The largest absolute Gasteiger partial charge is 0.349 e. The first-order valence-electron chi connectivity index (χ1n) is 11.0. The van der Waals surface area contributed by atoms with E-state index in [2.05, 4.69) is 21.0 Å². The predicted octanol–water partition coefficient (Wildman–Crippen LogP) is 2.05. The van der Waals surface area contributed by atoms with Gasteiger partial charge in [-0.1, -0.05) is 19.3 Å². The Morgan fingerprint density at radius 3 is 2.75 bits per heavy atom. The molecule has 2 amide bonds. The Kier molecular flexibility index (Phi) is 5.99. The molecule has 0 radical (unpaired) electrons. The number of nitrogens with zero attached hydrogens (tertiary/aromatic N) is 4. The van der Waals surface area contributed by atoms with Gasteiger partial charge in [0.1, 0.15) is 6.04 Å². The quantitative estimate of drug-likeness (QED) is 0.839. The van der Waals surface area contributed by atoms with Crippen LogP contribution in [0.15, 0.2) is 6.07 Å². The monoisotopic (exact) mass is 387 g/mol. The normalized spacial score (nSPS) is 22.8. The highest BCUT2D eigenvalue weighted by Gasteiger charge is 2.29. The third-order valence-electron chi connectivity index (χ3n) is 6.59. The van der Waals surface area contributed by atoms with E-state index in [-0.39, 0.29) is 11.8 Å². The second-order valence-corrected chi connectivity index (χ2v) is 8.55. The van der Waals surface area contributed by atoms with Gasteiger partial charge >= 0.3 is 0 Å². The summed E-state index contributed by atoms with van der Waals surface area (Å²) in [6.07, 6.45) is 9.28. The molecule has 2 fully saturated rings. The van der Waals surface area contributed by atoms with Crippen molar-refractivity contribution < 1.29 is 9.59 Å². The van der Waals surface area contributed by atoms with Gasteiger partial charge < -0.3 is 10.2 Å². The fourth-order valence-electron chi connectivity index (χ4n) is 4.94. The van der Waals surface area contributed by atoms with Gasteiger partial charge in [-0.2, -0.15) is 5.10 Å². The van der Waals surface area contributed by atoms with E-state index in [1.807, 2.05) is 6.92 Å². The topological polar surface area (TPSA) is 70.5 Å². The van der Waals surface area contributed by atoms with Crippen molar-refractivity contribution >= 4 is 11.8 Å². The van der Waals surface area contributed by atoms with Crippen LogP contribution in [0.4, 0.5) is 0 Å². The first-order chi connectivity index (χ1) is 13.6. The number of aromatic nitrogens is 2. The number of carbonyl (C=O) groups excluding carboxylic acids is 2. The van der Waals surface area contributed by atoms with Crippen LogP contribution in [0.2, 0.25) is 0 Å². The van der Waals surface area contributed by atoms with Gasteiger partial charge in [0.2, 0.25) is 11.8 Å². The highest BCUT2D eigenvalue weighted by Crippen LogP contribution is 2.26. The molecular weight excluding hydrogens is 354 g/mol. The number of amides is 2. The lowest BCUT2D eigenvalue weighted by molar-refractivity contribution is -0.136. The van der Waals surface area contributed by atoms with Crippen molar-refractivity contribution in [2.24, 2.45) is 0 Å². The summed E-state index contributed by atoms with van der Waals surface area (Å²) in [5.74, 6) is -0.0126. The number of rotatable bonds is 5. The molecule has 154 valence electrons. The van der Waals surface area contributed by atoms with Crippen LogP contribution < -0.4 is 5.32 Å². The van der Waals surface area contributed by atoms with Gasteiger partial charge in [-0.3, -0.25) is 19.2 Å². The molecule has 28 heavy (non-hydrogen) atoms. The maximum absolute atomic E-state index is 12.5. The summed E-state index contributed by atoms with van der Waals surface area (Å²) in [5.41, 5.74) is 2.17. The molecule has 1 aromatic heterocycles. The van der Waals surface area contributed by atoms with Gasteiger partial charge in [-0.25, -0.2) is 0 Å². The molecule has 7 nitrogen and oxygen atoms in total. The second kappa shape index (κ2) is 8.64. The Balaban J connectivity index is 1.34. The van der Waals surface area contributed by atoms with Gasteiger partial charge in [0.05, 0.1) is 17.9 Å². The molecule has 1 saturated heterocycles. The summed E-state index contributed by atoms with van der Waals surface area (Å²) in [7, 11) is 0. The molecule has 1 saturated carbocycles. The van der Waals surface area contributed by atoms with Crippen molar-refractivity contribution in [1.82, 2.24) is 24.9 Å². The standard InChI is InChI=1S/C21H33N5O2/c1-16(25-11-5-9-20(25)27)21(28)22-14-17-13-19-15-24(10-6-12-26(19)23-17)18-7-3-2-4-8-18/h13,16,18H,2-12,14-15H2,1H3,(H,22,28)/t16-/m1/s1. The average Bonchev–Trinajstić information content (AvgIpc) is 3.26. The molecule has 2 aliphatic heterocycles. The Morgan fingerprint density at radius 2 is 2.00 bits per heavy atom. The van der Waals surface area contributed by atoms with Crippen molar-refractivity contribution in [2.75, 3.05) is 13.1 Å². The van der Waals surface area contributed by atoms with Gasteiger partial charge in [-0.15, -0.1) is 0 Å². The molecule has 1 atom stereocenters. The van der Waals surface area contributed by atoms with Crippen LogP contribution in [-0.4, -0.2) is 56.6 Å². The van der Waals surface area contributed by atoms with Crippen molar-refractivity contribution in [3.8, 4) is 0 Å². The highest BCUT2D eigenvalue weighted by molar-refractivity contribution is 5.88. The lowest BCUT2D eigenvalue weighted by Gasteiger charge is -2.33. The van der Waals surface area contributed by atoms with Gasteiger partial charge in [0.15, 0.2) is 0 Å². The van der Waals surface area contributed by atoms with Crippen molar-refractivity contribution in [2.45, 2.75) is 90.0 Å². The van der Waals surface area contributed by atoms with E-state index in [9.17, 15) is 9.59 Å². The third kappa shape index (κ3) is 4.24. The molecule has 0 aromatic carbocycles. The van der Waals surface area contributed by atoms with Crippen LogP contribution in [0.1, 0.15) is 69.7 Å². The Morgan fingerprint density at radius 1 is 1.18 bits per heavy atom. The maximum atomic E-state index is 12.5. The zero-order chi connectivity index (χ0) is 19.5. The Hall–Kier alpha value is -1.89. The fourth-order valence-corrected chi connectivity index (χ4v) is 4.94. The lowest BCUT2D eigenvalue weighted by Crippen LogP contribution is -2.45. The van der Waals surface area contributed by atoms with Gasteiger partial charge in [-0.05, 0) is 38.7 Å². The number of carbonyl (C=O) groups is 2. The minimum atomic E-state index is -0.405. The van der Waals surface area contributed by atoms with E-state index in [1.165, 1.54) is 37.8 Å². The second-order valence-electron chi connectivity index (χ2n) is 8.55. The number of hydrogen-bond acceptors (Lipinski definition) is 4. The summed E-state index contributed by atoms with van der Waals surface area (Å²) in [5, 5.41) is 7.70. The van der Waals surface area contributed by atoms with Crippen molar-refractivity contribution in [1.29, 1.82) is 0 Å². The smallest absolute Gasteiger partial charge is 0.242 e. The van der Waals surface area contributed by atoms with Gasteiger partial charge in [0, 0.05) is 38.6 Å². The summed E-state index contributed by atoms with van der Waals surface area (Å²) in [4.78, 5) is 28.6. The maximum Gasteiger partial charge on any atom is 0.242 e. The zero-order valence-corrected chi connectivity index (χ0v) is 17.0. The Bertz CT molecular complexity index is 710. The van der Waals surface area contributed by atoms with E-state index in [0.29, 0.717) is 19.5 Å². The molecule has 4 rings (SSSR count). The molecule has 7 heteroatoms. The van der Waals surface area contributed by atoms with Crippen LogP contribution in [0.5, 0.6) is 0 Å². The van der Waals surface area contributed by atoms with E-state index >= 15 is 0 Å². The number of likely N-dealkylation sites (tertiary alicyclic amines) is 1. The predicted molar refractivity (Wildman–Crippen MR) is 106 cm³/mol. The number of hydrogen-bond donors (Lipinski definition) is 1. The van der Waals surface area contributed by atoms with E-state index in [4.69, 9.17) is 5.10 Å². The summed E-state index contributed by atoms with van der Waals surface area (Å²) in [6, 6.07) is 2.46. The van der Waals surface area contributed by atoms with E-state index in [0.717, 1.165) is 44.2 Å². The molecular formula is C21H33N5O2. The number of nitrogens with one attached hydrogen (secondary N) is 1.